The first kappa shape index (κ1) is 22.0. The molecule has 7 nitrogen and oxygen atoms in total. The number of likely N-dealkylation sites (tertiary alicyclic amines) is 2. The highest BCUT2D eigenvalue weighted by Crippen LogP contribution is 2.38. The summed E-state index contributed by atoms with van der Waals surface area (Å²) in [7, 11) is -4.53. The van der Waals surface area contributed by atoms with Gasteiger partial charge in [0.15, 0.2) is 0 Å². The van der Waals surface area contributed by atoms with Crippen molar-refractivity contribution in [2.75, 3.05) is 19.6 Å². The van der Waals surface area contributed by atoms with E-state index in [0.29, 0.717) is 12.5 Å². The first-order valence-electron chi connectivity index (χ1n) is 10.7. The summed E-state index contributed by atoms with van der Waals surface area (Å²) in [5, 5.41) is 0. The molecule has 1 amide bonds. The van der Waals surface area contributed by atoms with Gasteiger partial charge in [-0.2, -0.15) is 0 Å². The Kier molecular flexibility index (Phi) is 6.49. The maximum Gasteiger partial charge on any atom is 0.524 e. The van der Waals surface area contributed by atoms with Gasteiger partial charge in [0.2, 0.25) is 5.91 Å². The van der Waals surface area contributed by atoms with Gasteiger partial charge in [-0.15, -0.1) is 0 Å². The van der Waals surface area contributed by atoms with Crippen molar-refractivity contribution in [3.8, 4) is 5.75 Å². The van der Waals surface area contributed by atoms with Crippen molar-refractivity contribution in [3.63, 3.8) is 0 Å². The minimum Gasteiger partial charge on any atom is -0.404 e. The molecular formula is C23H29N2O5P. The molecule has 2 aromatic rings. The zero-order valence-electron chi connectivity index (χ0n) is 17.7. The van der Waals surface area contributed by atoms with Crippen LogP contribution in [0.1, 0.15) is 41.9 Å². The highest BCUT2D eigenvalue weighted by molar-refractivity contribution is 7.46. The fraction of sp³-hybridized carbons (Fsp3) is 0.435. The van der Waals surface area contributed by atoms with Crippen molar-refractivity contribution in [1.29, 1.82) is 0 Å². The molecule has 2 N–H and O–H groups in total. The highest BCUT2D eigenvalue weighted by atomic mass is 31.2. The van der Waals surface area contributed by atoms with E-state index in [1.54, 1.807) is 12.1 Å². The Bertz CT molecular complexity index is 949. The molecule has 0 bridgehead atoms. The minimum absolute atomic E-state index is 0.0228. The van der Waals surface area contributed by atoms with E-state index < -0.39 is 7.82 Å². The SMILES string of the molecule is Cc1ccc(CN2CCC(N3CCC(c4ccc(OP(=O)(O)O)cc4)CC3)C2=O)cc1. The van der Waals surface area contributed by atoms with Crippen molar-refractivity contribution in [3.05, 3.63) is 65.2 Å². The van der Waals surface area contributed by atoms with Crippen molar-refractivity contribution in [1.82, 2.24) is 9.80 Å². The van der Waals surface area contributed by atoms with E-state index in [2.05, 4.69) is 40.6 Å². The van der Waals surface area contributed by atoms with E-state index in [1.165, 1.54) is 11.1 Å². The molecule has 4 rings (SSSR count). The van der Waals surface area contributed by atoms with Crippen LogP contribution in [0.4, 0.5) is 0 Å². The summed E-state index contributed by atoms with van der Waals surface area (Å²) in [5.74, 6) is 0.776. The summed E-state index contributed by atoms with van der Waals surface area (Å²) in [4.78, 5) is 35.1. The number of phosphoric ester groups is 1. The van der Waals surface area contributed by atoms with Crippen LogP contribution < -0.4 is 4.52 Å². The number of amides is 1. The van der Waals surface area contributed by atoms with Crippen LogP contribution in [-0.4, -0.2) is 51.2 Å². The lowest BCUT2D eigenvalue weighted by atomic mass is 9.89. The van der Waals surface area contributed by atoms with Gasteiger partial charge in [-0.05, 0) is 68.5 Å². The average molecular weight is 444 g/mol. The van der Waals surface area contributed by atoms with Crippen LogP contribution in [0.2, 0.25) is 0 Å². The maximum atomic E-state index is 13.0. The monoisotopic (exact) mass is 444 g/mol. The van der Waals surface area contributed by atoms with Gasteiger partial charge in [0.25, 0.3) is 0 Å². The third-order valence-electron chi connectivity index (χ3n) is 6.31. The number of carbonyl (C=O) groups is 1. The second kappa shape index (κ2) is 9.13. The molecule has 0 aromatic heterocycles. The van der Waals surface area contributed by atoms with Crippen LogP contribution in [0.25, 0.3) is 0 Å². The first-order valence-corrected chi connectivity index (χ1v) is 12.2. The van der Waals surface area contributed by atoms with E-state index >= 15 is 0 Å². The van der Waals surface area contributed by atoms with Gasteiger partial charge >= 0.3 is 7.82 Å². The molecule has 2 fully saturated rings. The summed E-state index contributed by atoms with van der Waals surface area (Å²) in [5.41, 5.74) is 3.53. The van der Waals surface area contributed by atoms with Crippen molar-refractivity contribution < 1.29 is 23.7 Å². The second-order valence-corrected chi connectivity index (χ2v) is 9.67. The minimum atomic E-state index is -4.53. The van der Waals surface area contributed by atoms with Gasteiger partial charge in [0.1, 0.15) is 5.75 Å². The van der Waals surface area contributed by atoms with Crippen molar-refractivity contribution in [2.24, 2.45) is 0 Å². The van der Waals surface area contributed by atoms with Crippen LogP contribution >= 0.6 is 7.82 Å². The van der Waals surface area contributed by atoms with Crippen LogP contribution in [-0.2, 0) is 15.9 Å². The summed E-state index contributed by atoms with van der Waals surface area (Å²) in [6, 6.07) is 15.3. The molecule has 0 aliphatic carbocycles. The molecule has 2 saturated heterocycles. The lowest BCUT2D eigenvalue weighted by Gasteiger charge is -2.35. The first-order chi connectivity index (χ1) is 14.8. The van der Waals surface area contributed by atoms with E-state index in [-0.39, 0.29) is 17.7 Å². The topological polar surface area (TPSA) is 90.3 Å². The Labute approximate surface area is 182 Å². The summed E-state index contributed by atoms with van der Waals surface area (Å²) >= 11 is 0. The standard InChI is InChI=1S/C23H29N2O5P/c1-17-2-4-18(5-3-17)16-25-15-12-22(23(25)26)24-13-10-20(11-14-24)19-6-8-21(9-7-19)30-31(27,28)29/h2-9,20,22H,10-16H2,1H3,(H2,27,28,29). The average Bonchev–Trinajstić information content (AvgIpc) is 3.09. The Hall–Kier alpha value is -2.18. The number of phosphoric acid groups is 1. The molecular weight excluding hydrogens is 415 g/mol. The number of nitrogens with zero attached hydrogens (tertiary/aromatic N) is 2. The van der Waals surface area contributed by atoms with Crippen LogP contribution in [0.3, 0.4) is 0 Å². The number of piperidine rings is 1. The Morgan fingerprint density at radius 2 is 1.61 bits per heavy atom. The molecule has 0 spiro atoms. The molecule has 8 heteroatoms. The molecule has 166 valence electrons. The predicted molar refractivity (Wildman–Crippen MR) is 118 cm³/mol. The normalized spacial score (nSPS) is 20.9. The van der Waals surface area contributed by atoms with Gasteiger partial charge in [-0.25, -0.2) is 4.57 Å². The van der Waals surface area contributed by atoms with Gasteiger partial charge in [-0.3, -0.25) is 19.5 Å². The smallest absolute Gasteiger partial charge is 0.404 e. The predicted octanol–water partition coefficient (Wildman–Crippen LogP) is 3.45. The van der Waals surface area contributed by atoms with Gasteiger partial charge in [0, 0.05) is 13.1 Å². The number of hydrogen-bond donors (Lipinski definition) is 2. The fourth-order valence-electron chi connectivity index (χ4n) is 4.61. The third kappa shape index (κ3) is 5.55. The van der Waals surface area contributed by atoms with Crippen LogP contribution in [0, 0.1) is 6.92 Å². The Morgan fingerprint density at radius 1 is 0.968 bits per heavy atom. The number of rotatable bonds is 6. The number of hydrogen-bond acceptors (Lipinski definition) is 4. The van der Waals surface area contributed by atoms with E-state index in [1.807, 2.05) is 17.0 Å². The number of benzene rings is 2. The Morgan fingerprint density at radius 3 is 2.23 bits per heavy atom. The fourth-order valence-corrected chi connectivity index (χ4v) is 5.01. The summed E-state index contributed by atoms with van der Waals surface area (Å²) < 4.78 is 15.6. The van der Waals surface area contributed by atoms with Crippen LogP contribution in [0.15, 0.2) is 48.5 Å². The zero-order valence-corrected chi connectivity index (χ0v) is 18.6. The van der Waals surface area contributed by atoms with E-state index in [9.17, 15) is 9.36 Å². The highest BCUT2D eigenvalue weighted by Gasteiger charge is 2.37. The molecule has 2 heterocycles. The second-order valence-electron chi connectivity index (χ2n) is 8.51. The molecule has 1 unspecified atom stereocenters. The van der Waals surface area contributed by atoms with Crippen LogP contribution in [0.5, 0.6) is 5.75 Å². The summed E-state index contributed by atoms with van der Waals surface area (Å²) in [6.07, 6.45) is 2.80. The summed E-state index contributed by atoms with van der Waals surface area (Å²) in [6.45, 7) is 5.29. The molecule has 1 atom stereocenters. The molecule has 0 radical (unpaired) electrons. The maximum absolute atomic E-state index is 13.0. The van der Waals surface area contributed by atoms with Crippen molar-refractivity contribution >= 4 is 13.7 Å². The molecule has 31 heavy (non-hydrogen) atoms. The van der Waals surface area contributed by atoms with Crippen molar-refractivity contribution in [2.45, 2.75) is 44.7 Å². The van der Waals surface area contributed by atoms with Gasteiger partial charge in [0.05, 0.1) is 6.04 Å². The molecule has 0 saturated carbocycles. The third-order valence-corrected chi connectivity index (χ3v) is 6.76. The largest absolute Gasteiger partial charge is 0.524 e. The lowest BCUT2D eigenvalue weighted by molar-refractivity contribution is -0.133. The zero-order chi connectivity index (χ0) is 22.0. The Balaban J connectivity index is 1.30. The van der Waals surface area contributed by atoms with Gasteiger partial charge in [-0.1, -0.05) is 42.0 Å². The van der Waals surface area contributed by atoms with Gasteiger partial charge < -0.3 is 9.42 Å². The number of aryl methyl sites for hydroxylation is 1. The lowest BCUT2D eigenvalue weighted by Crippen LogP contribution is -2.45. The number of carbonyl (C=O) groups excluding carboxylic acids is 1. The molecule has 2 aliphatic heterocycles. The quantitative estimate of drug-likeness (QED) is 0.664. The molecule has 2 aromatic carbocycles. The van der Waals surface area contributed by atoms with E-state index in [4.69, 9.17) is 9.79 Å². The van der Waals surface area contributed by atoms with E-state index in [0.717, 1.165) is 44.5 Å². The molecule has 2 aliphatic rings.